The molecule has 0 saturated carbocycles. The maximum Gasteiger partial charge on any atom is 0.222 e. The normalized spacial score (nSPS) is 11.7. The van der Waals surface area contributed by atoms with Crippen LogP contribution in [-0.4, -0.2) is 54.1 Å². The van der Waals surface area contributed by atoms with Gasteiger partial charge in [0.15, 0.2) is 0 Å². The summed E-state index contributed by atoms with van der Waals surface area (Å²) < 4.78 is 0. The molecule has 7 nitrogen and oxygen atoms in total. The lowest BCUT2D eigenvalue weighted by Gasteiger charge is -2.12. The number of carbonyl (C=O) groups is 3. The van der Waals surface area contributed by atoms with E-state index in [1.165, 1.54) is 0 Å². The van der Waals surface area contributed by atoms with Gasteiger partial charge in [-0.05, 0) is 19.3 Å². The van der Waals surface area contributed by atoms with Crippen molar-refractivity contribution in [3.05, 3.63) is 0 Å². The summed E-state index contributed by atoms with van der Waals surface area (Å²) in [7, 11) is 0. The summed E-state index contributed by atoms with van der Waals surface area (Å²) in [5.74, 6) is -0.554. The van der Waals surface area contributed by atoms with Crippen LogP contribution in [0.15, 0.2) is 0 Å². The molecule has 4 N–H and O–H groups in total. The number of aliphatic hydroxyl groups is 2. The summed E-state index contributed by atoms with van der Waals surface area (Å²) >= 11 is 0. The van der Waals surface area contributed by atoms with Crippen LogP contribution in [0.5, 0.6) is 0 Å². The highest BCUT2D eigenvalue weighted by Crippen LogP contribution is 1.99. The molecule has 1 unspecified atom stereocenters. The number of aldehydes is 1. The number of hydrogen-bond acceptors (Lipinski definition) is 5. The maximum absolute atomic E-state index is 11.2. The summed E-state index contributed by atoms with van der Waals surface area (Å²) in [5, 5.41) is 22.2. The Balaban J connectivity index is 3.64. The largest absolute Gasteiger partial charge is 0.396 e. The molecule has 110 valence electrons. The summed E-state index contributed by atoms with van der Waals surface area (Å²) in [4.78, 5) is 32.9. The molecule has 7 heteroatoms. The highest BCUT2D eigenvalue weighted by Gasteiger charge is 2.10. The summed E-state index contributed by atoms with van der Waals surface area (Å²) in [6.45, 7) is 0.0687. The van der Waals surface area contributed by atoms with E-state index in [-0.39, 0.29) is 37.9 Å². The first-order valence-corrected chi connectivity index (χ1v) is 6.37. The molecule has 0 spiro atoms. The predicted molar refractivity (Wildman–Crippen MR) is 68.3 cm³/mol. The first kappa shape index (κ1) is 17.5. The van der Waals surface area contributed by atoms with Gasteiger partial charge < -0.3 is 25.6 Å². The number of unbranched alkanes of at least 4 members (excludes halogenated alkanes) is 1. The van der Waals surface area contributed by atoms with Crippen molar-refractivity contribution in [1.82, 2.24) is 10.6 Å². The van der Waals surface area contributed by atoms with Crippen LogP contribution in [-0.2, 0) is 14.4 Å². The minimum absolute atomic E-state index is 0.0123. The van der Waals surface area contributed by atoms with Crippen LogP contribution in [0.2, 0.25) is 0 Å². The van der Waals surface area contributed by atoms with Crippen LogP contribution in [0.3, 0.4) is 0 Å². The molecule has 0 aromatic carbocycles. The number of aliphatic hydroxyl groups excluding tert-OH is 2. The number of rotatable bonds is 11. The minimum Gasteiger partial charge on any atom is -0.396 e. The quantitative estimate of drug-likeness (QED) is 0.277. The third-order valence-electron chi connectivity index (χ3n) is 2.45. The topological polar surface area (TPSA) is 116 Å². The van der Waals surface area contributed by atoms with Gasteiger partial charge in [0.05, 0.1) is 19.3 Å². The molecule has 2 amide bonds. The maximum atomic E-state index is 11.2. The Morgan fingerprint density at radius 3 is 2.26 bits per heavy atom. The molecular formula is C12H22N2O5. The Bertz CT molecular complexity index is 283. The van der Waals surface area contributed by atoms with Gasteiger partial charge in [-0.3, -0.25) is 9.59 Å². The molecule has 19 heavy (non-hydrogen) atoms. The number of nitrogens with one attached hydrogen (secondary N) is 2. The lowest BCUT2D eigenvalue weighted by Crippen LogP contribution is -2.36. The van der Waals surface area contributed by atoms with Crippen LogP contribution in [0.25, 0.3) is 0 Å². The van der Waals surface area contributed by atoms with Gasteiger partial charge in [-0.15, -0.1) is 0 Å². The Labute approximate surface area is 112 Å². The zero-order valence-electron chi connectivity index (χ0n) is 10.9. The fourth-order valence-corrected chi connectivity index (χ4v) is 1.46. The number of amides is 2. The summed E-state index contributed by atoms with van der Waals surface area (Å²) in [5.41, 5.74) is 0. The van der Waals surface area contributed by atoms with Crippen molar-refractivity contribution in [3.8, 4) is 0 Å². The molecule has 1 atom stereocenters. The lowest BCUT2D eigenvalue weighted by atomic mass is 10.1. The van der Waals surface area contributed by atoms with Crippen LogP contribution in [0, 0.1) is 0 Å². The lowest BCUT2D eigenvalue weighted by molar-refractivity contribution is -0.124. The molecule has 0 bridgehead atoms. The molecule has 0 fully saturated rings. The van der Waals surface area contributed by atoms with E-state index in [0.29, 0.717) is 32.1 Å². The third kappa shape index (κ3) is 10.2. The van der Waals surface area contributed by atoms with E-state index in [0.717, 1.165) is 0 Å². The van der Waals surface area contributed by atoms with Crippen molar-refractivity contribution >= 4 is 18.1 Å². The molecule has 0 aliphatic carbocycles. The zero-order chi connectivity index (χ0) is 14.5. The Hall–Kier alpha value is -1.47. The van der Waals surface area contributed by atoms with E-state index in [4.69, 9.17) is 10.2 Å². The Kier molecular flexibility index (Phi) is 10.7. The average Bonchev–Trinajstić information content (AvgIpc) is 2.37. The molecule has 0 saturated heterocycles. The van der Waals surface area contributed by atoms with Gasteiger partial charge in [-0.25, -0.2) is 0 Å². The van der Waals surface area contributed by atoms with Crippen LogP contribution in [0.4, 0.5) is 0 Å². The highest BCUT2D eigenvalue weighted by atomic mass is 16.3. The van der Waals surface area contributed by atoms with E-state index in [1.54, 1.807) is 0 Å². The molecule has 0 radical (unpaired) electrons. The molecule has 0 aromatic heterocycles. The second kappa shape index (κ2) is 11.6. The van der Waals surface area contributed by atoms with Gasteiger partial charge in [-0.2, -0.15) is 0 Å². The van der Waals surface area contributed by atoms with Gasteiger partial charge in [0.1, 0.15) is 6.29 Å². The zero-order valence-corrected chi connectivity index (χ0v) is 10.9. The molecular weight excluding hydrogens is 252 g/mol. The Morgan fingerprint density at radius 2 is 1.68 bits per heavy atom. The number of hydrogen-bond donors (Lipinski definition) is 4. The summed E-state index contributed by atoms with van der Waals surface area (Å²) in [6, 6.07) is -0.549. The fraction of sp³-hybridized carbons (Fsp3) is 0.750. The molecule has 0 aromatic rings. The van der Waals surface area contributed by atoms with E-state index in [1.807, 2.05) is 0 Å². The molecule has 0 aliphatic rings. The first-order valence-electron chi connectivity index (χ1n) is 6.37. The van der Waals surface area contributed by atoms with Gasteiger partial charge in [0.25, 0.3) is 0 Å². The van der Waals surface area contributed by atoms with E-state index < -0.39 is 6.04 Å². The fourth-order valence-electron chi connectivity index (χ4n) is 1.46. The number of carbonyl (C=O) groups excluding carboxylic acids is 3. The van der Waals surface area contributed by atoms with Crippen LogP contribution >= 0.6 is 0 Å². The minimum atomic E-state index is -0.549. The van der Waals surface area contributed by atoms with Crippen molar-refractivity contribution in [2.45, 2.75) is 38.1 Å². The van der Waals surface area contributed by atoms with Gasteiger partial charge >= 0.3 is 0 Å². The second-order valence-electron chi connectivity index (χ2n) is 4.10. The van der Waals surface area contributed by atoms with Crippen molar-refractivity contribution in [2.24, 2.45) is 0 Å². The van der Waals surface area contributed by atoms with Crippen LogP contribution in [0.1, 0.15) is 32.1 Å². The smallest absolute Gasteiger partial charge is 0.222 e. The molecule has 0 rings (SSSR count). The molecule has 0 aliphatic heterocycles. The second-order valence-corrected chi connectivity index (χ2v) is 4.10. The standard InChI is InChI=1S/C12H22N2O5/c15-7-4-11(18)13-6-2-1-3-10(9-17)14-12(19)5-8-16/h9-10,15-16H,1-8H2,(H,13,18)(H,14,19). The highest BCUT2D eigenvalue weighted by molar-refractivity contribution is 5.79. The Morgan fingerprint density at radius 1 is 1.05 bits per heavy atom. The van der Waals surface area contributed by atoms with Crippen molar-refractivity contribution < 1.29 is 24.6 Å². The van der Waals surface area contributed by atoms with Gasteiger partial charge in [0, 0.05) is 19.4 Å². The van der Waals surface area contributed by atoms with Crippen molar-refractivity contribution in [3.63, 3.8) is 0 Å². The first-order chi connectivity index (χ1) is 9.13. The summed E-state index contributed by atoms with van der Waals surface area (Å²) in [6.07, 6.45) is 2.62. The van der Waals surface area contributed by atoms with Gasteiger partial charge in [0.2, 0.25) is 11.8 Å². The predicted octanol–water partition coefficient (Wildman–Crippen LogP) is -1.28. The third-order valence-corrected chi connectivity index (χ3v) is 2.45. The van der Waals surface area contributed by atoms with Crippen molar-refractivity contribution in [1.29, 1.82) is 0 Å². The van der Waals surface area contributed by atoms with E-state index in [2.05, 4.69) is 10.6 Å². The van der Waals surface area contributed by atoms with E-state index in [9.17, 15) is 14.4 Å². The monoisotopic (exact) mass is 274 g/mol. The van der Waals surface area contributed by atoms with Crippen molar-refractivity contribution in [2.75, 3.05) is 19.8 Å². The van der Waals surface area contributed by atoms with Crippen LogP contribution < -0.4 is 10.6 Å². The average molecular weight is 274 g/mol. The van der Waals surface area contributed by atoms with Gasteiger partial charge in [-0.1, -0.05) is 0 Å². The SMILES string of the molecule is O=CC(CCCCNC(=O)CCO)NC(=O)CCO. The van der Waals surface area contributed by atoms with E-state index >= 15 is 0 Å². The molecule has 0 heterocycles.